The van der Waals surface area contributed by atoms with Crippen LogP contribution in [-0.4, -0.2) is 78.4 Å². The molecule has 9 nitrogen and oxygen atoms in total. The van der Waals surface area contributed by atoms with Gasteiger partial charge in [-0.25, -0.2) is 0 Å². The number of likely N-dealkylation sites (N-methyl/N-ethyl adjacent to an activating group) is 1. The van der Waals surface area contributed by atoms with Gasteiger partial charge >= 0.3 is 0 Å². The maximum atomic E-state index is 14.2. The second kappa shape index (κ2) is 14.8. The number of hydroxylamine groups is 2. The Morgan fingerprint density at radius 2 is 1.80 bits per heavy atom. The summed E-state index contributed by atoms with van der Waals surface area (Å²) < 4.78 is 5.99. The zero-order valence-electron chi connectivity index (χ0n) is 30.3. The fraction of sp³-hybridized carbons (Fsp3) is 0.512. The molecule has 8 atom stereocenters. The number of nitrogens with zero attached hydrogens (tertiary/aromatic N) is 2. The molecule has 1 unspecified atom stereocenters. The molecule has 1 aliphatic heterocycles. The van der Waals surface area contributed by atoms with Gasteiger partial charge in [0.05, 0.1) is 25.9 Å². The average molecular weight is 683 g/mol. The first-order valence-corrected chi connectivity index (χ1v) is 18.1. The molecule has 4 N–H and O–H groups in total. The smallest absolute Gasteiger partial charge is 0.253 e. The van der Waals surface area contributed by atoms with Gasteiger partial charge in [-0.3, -0.25) is 14.4 Å². The van der Waals surface area contributed by atoms with Crippen molar-refractivity contribution in [3.8, 4) is 16.9 Å². The van der Waals surface area contributed by atoms with Crippen molar-refractivity contribution in [2.45, 2.75) is 77.8 Å². The van der Waals surface area contributed by atoms with Crippen LogP contribution in [0.3, 0.4) is 0 Å². The monoisotopic (exact) mass is 682 g/mol. The normalized spacial score (nSPS) is 27.6. The van der Waals surface area contributed by atoms with E-state index in [9.17, 15) is 14.7 Å². The van der Waals surface area contributed by atoms with Crippen molar-refractivity contribution in [3.63, 3.8) is 0 Å². The van der Waals surface area contributed by atoms with Crippen molar-refractivity contribution in [2.75, 3.05) is 27.2 Å². The highest BCUT2D eigenvalue weighted by molar-refractivity contribution is 5.94. The molecule has 0 aromatic heterocycles. The minimum Gasteiger partial charge on any atom is -0.496 e. The number of benzene rings is 3. The molecule has 0 spiro atoms. The summed E-state index contributed by atoms with van der Waals surface area (Å²) in [5, 5.41) is 16.0. The van der Waals surface area contributed by atoms with E-state index in [1.165, 1.54) is 12.0 Å². The first-order valence-electron chi connectivity index (χ1n) is 18.1. The molecule has 0 radical (unpaired) electrons. The van der Waals surface area contributed by atoms with E-state index in [1.54, 1.807) is 24.0 Å². The maximum absolute atomic E-state index is 14.2. The maximum Gasteiger partial charge on any atom is 0.253 e. The van der Waals surface area contributed by atoms with Crippen LogP contribution in [0.4, 0.5) is 0 Å². The van der Waals surface area contributed by atoms with Crippen LogP contribution < -0.4 is 15.8 Å². The van der Waals surface area contributed by atoms with E-state index in [0.29, 0.717) is 41.0 Å². The highest BCUT2D eigenvalue weighted by Crippen LogP contribution is 2.61. The summed E-state index contributed by atoms with van der Waals surface area (Å²) in [5.74, 6) is 1.57. The molecule has 268 valence electrons. The van der Waals surface area contributed by atoms with E-state index in [0.717, 1.165) is 29.5 Å². The van der Waals surface area contributed by atoms with Crippen LogP contribution in [-0.2, 0) is 22.6 Å². The Labute approximate surface area is 297 Å². The minimum absolute atomic E-state index is 0.0332. The van der Waals surface area contributed by atoms with Crippen LogP contribution >= 0.6 is 0 Å². The van der Waals surface area contributed by atoms with Gasteiger partial charge in [-0.1, -0.05) is 81.4 Å². The van der Waals surface area contributed by atoms with Crippen LogP contribution in [0.2, 0.25) is 0 Å². The molecule has 2 bridgehead atoms. The number of hydrogen-bond donors (Lipinski definition) is 3. The van der Waals surface area contributed by atoms with Crippen molar-refractivity contribution in [1.29, 1.82) is 0 Å². The average Bonchev–Trinajstić information content (AvgIpc) is 3.50. The lowest BCUT2D eigenvalue weighted by Gasteiger charge is -2.62. The zero-order valence-corrected chi connectivity index (χ0v) is 30.3. The highest BCUT2D eigenvalue weighted by Gasteiger charge is 2.57. The quantitative estimate of drug-likeness (QED) is 0.237. The second-order valence-corrected chi connectivity index (χ2v) is 15.3. The summed E-state index contributed by atoms with van der Waals surface area (Å²) in [6.07, 6.45) is 1.68. The molecule has 9 heteroatoms. The van der Waals surface area contributed by atoms with Crippen molar-refractivity contribution in [1.82, 2.24) is 15.3 Å². The number of methoxy groups -OCH3 is 1. The van der Waals surface area contributed by atoms with Crippen LogP contribution in [0, 0.1) is 29.1 Å². The predicted molar refractivity (Wildman–Crippen MR) is 195 cm³/mol. The van der Waals surface area contributed by atoms with Gasteiger partial charge in [-0.2, -0.15) is 5.06 Å². The van der Waals surface area contributed by atoms with Gasteiger partial charge in [-0.15, -0.1) is 0 Å². The molecule has 3 saturated carbocycles. The molecule has 1 heterocycles. The number of aliphatic hydroxyl groups is 1. The van der Waals surface area contributed by atoms with Crippen molar-refractivity contribution < 1.29 is 24.3 Å². The molecule has 3 aromatic carbocycles. The Bertz CT molecular complexity index is 1640. The number of amides is 2. The Balaban J connectivity index is 1.19. The Hall–Kier alpha value is -3.76. The van der Waals surface area contributed by atoms with E-state index >= 15 is 0 Å². The molecule has 4 fully saturated rings. The number of nitrogens with two attached hydrogens (primary N) is 1. The molecule has 7 rings (SSSR count). The standard InChI is InChI=1S/C41H54N4O5/c1-25-33-21-31(41(33,3)4)22-34(25)43-39(47)37-36(26(2)46)35(23-42)50-45(37)24-30-13-10-14-32(38(30)49-6)28-15-17-29(18-16-28)40(48)44(5)20-19-27-11-8-7-9-12-27/h7-18,25-26,31,33-37,46H,19-24,42H2,1-6H3,(H,43,47)/t25-,26-,31+,33+,34?,35-,36+,37-/m0/s1. The van der Waals surface area contributed by atoms with Gasteiger partial charge in [0.15, 0.2) is 0 Å². The molecule has 3 aliphatic carbocycles. The summed E-state index contributed by atoms with van der Waals surface area (Å²) in [4.78, 5) is 35.5. The predicted octanol–water partition coefficient (Wildman–Crippen LogP) is 5.30. The first kappa shape index (κ1) is 36.0. The van der Waals surface area contributed by atoms with Crippen LogP contribution in [0.1, 0.15) is 62.0 Å². The van der Waals surface area contributed by atoms with E-state index in [4.69, 9.17) is 15.3 Å². The van der Waals surface area contributed by atoms with Crippen LogP contribution in [0.25, 0.3) is 11.1 Å². The number of carbonyl (C=O) groups is 2. The van der Waals surface area contributed by atoms with Gasteiger partial charge in [0.2, 0.25) is 5.91 Å². The lowest BCUT2D eigenvalue weighted by atomic mass is 9.45. The van der Waals surface area contributed by atoms with Crippen LogP contribution in [0.5, 0.6) is 5.75 Å². The number of rotatable bonds is 12. The van der Waals surface area contributed by atoms with E-state index in [1.807, 2.05) is 67.7 Å². The van der Waals surface area contributed by atoms with Crippen molar-refractivity contribution in [3.05, 3.63) is 89.5 Å². The molecule has 50 heavy (non-hydrogen) atoms. The molecule has 2 amide bonds. The summed E-state index contributed by atoms with van der Waals surface area (Å²) >= 11 is 0. The molecular formula is C41H54N4O5. The number of nitrogens with one attached hydrogen (secondary N) is 1. The molecule has 4 aliphatic rings. The largest absolute Gasteiger partial charge is 0.496 e. The SMILES string of the molecule is COc1c(CN2O[C@@H](CN)[C@@H]([C@H](C)O)[C@H]2C(=O)NC2C[C@H]3C[C@H]([C@@H]2C)C3(C)C)cccc1-c1ccc(C(=O)N(C)CCc2ccccc2)cc1. The van der Waals surface area contributed by atoms with E-state index < -0.39 is 24.2 Å². The fourth-order valence-electron chi connectivity index (χ4n) is 8.93. The number of aliphatic hydroxyl groups excluding tert-OH is 1. The van der Waals surface area contributed by atoms with Gasteiger partial charge < -0.3 is 25.8 Å². The Kier molecular flexibility index (Phi) is 10.7. The summed E-state index contributed by atoms with van der Waals surface area (Å²) in [6.45, 7) is 9.73. The topological polar surface area (TPSA) is 117 Å². The third-order valence-corrected chi connectivity index (χ3v) is 12.1. The van der Waals surface area contributed by atoms with Crippen LogP contribution in [0.15, 0.2) is 72.8 Å². The number of para-hydroxylation sites is 1. The third-order valence-electron chi connectivity index (χ3n) is 12.1. The Morgan fingerprint density at radius 1 is 1.08 bits per heavy atom. The summed E-state index contributed by atoms with van der Waals surface area (Å²) in [5.41, 5.74) is 10.9. The minimum atomic E-state index is -0.799. The van der Waals surface area contributed by atoms with E-state index in [2.05, 4.69) is 38.2 Å². The lowest BCUT2D eigenvalue weighted by molar-refractivity contribution is -0.175. The number of carbonyl (C=O) groups excluding carboxylic acids is 2. The van der Waals surface area contributed by atoms with Gasteiger partial charge in [0, 0.05) is 48.8 Å². The third kappa shape index (κ3) is 6.93. The van der Waals surface area contributed by atoms with Crippen molar-refractivity contribution >= 4 is 11.8 Å². The zero-order chi connectivity index (χ0) is 35.7. The molecular weight excluding hydrogens is 628 g/mol. The fourth-order valence-corrected chi connectivity index (χ4v) is 8.93. The van der Waals surface area contributed by atoms with Gasteiger partial charge in [0.1, 0.15) is 11.8 Å². The number of fused-ring (bicyclic) bond motifs is 2. The first-order chi connectivity index (χ1) is 23.9. The molecule has 1 saturated heterocycles. The lowest BCUT2D eigenvalue weighted by Crippen LogP contribution is -2.62. The Morgan fingerprint density at radius 3 is 2.42 bits per heavy atom. The van der Waals surface area contributed by atoms with Gasteiger partial charge in [0.25, 0.3) is 5.91 Å². The van der Waals surface area contributed by atoms with Crippen molar-refractivity contribution in [2.24, 2.45) is 34.8 Å². The summed E-state index contributed by atoms with van der Waals surface area (Å²) in [7, 11) is 3.46. The number of ether oxygens (including phenoxy) is 1. The van der Waals surface area contributed by atoms with Gasteiger partial charge in [-0.05, 0) is 72.6 Å². The highest BCUT2D eigenvalue weighted by atomic mass is 16.7. The molecule has 3 aromatic rings. The van der Waals surface area contributed by atoms with E-state index in [-0.39, 0.29) is 30.9 Å². The summed E-state index contributed by atoms with van der Waals surface area (Å²) in [6, 6.07) is 23.0. The second-order valence-electron chi connectivity index (χ2n) is 15.3. The number of hydrogen-bond acceptors (Lipinski definition) is 7.